The summed E-state index contributed by atoms with van der Waals surface area (Å²) in [6.45, 7) is 0. The summed E-state index contributed by atoms with van der Waals surface area (Å²) in [7, 11) is -2.18. The van der Waals surface area contributed by atoms with Crippen LogP contribution in [-0.2, 0) is 21.6 Å². The van der Waals surface area contributed by atoms with Crippen LogP contribution < -0.4 is 9.05 Å². The Morgan fingerprint density at radius 3 is 1.41 bits per heavy atom. The van der Waals surface area contributed by atoms with Crippen LogP contribution in [0.5, 0.6) is 11.5 Å². The van der Waals surface area contributed by atoms with Crippen molar-refractivity contribution in [3.63, 3.8) is 0 Å². The van der Waals surface area contributed by atoms with Gasteiger partial charge in [0.05, 0.1) is 0 Å². The maximum Gasteiger partial charge on any atom is 0.805 e. The molecule has 0 unspecified atom stereocenters. The summed E-state index contributed by atoms with van der Waals surface area (Å²) < 4.78 is 21.7. The van der Waals surface area contributed by atoms with Gasteiger partial charge in [-0.05, 0) is 24.3 Å². The topological polar surface area (TPSA) is 35.5 Å². The van der Waals surface area contributed by atoms with E-state index >= 15 is 0 Å². The molecule has 2 rings (SSSR count). The molecule has 0 saturated heterocycles. The Bertz CT molecular complexity index is 418. The minimum absolute atomic E-state index is 0. The van der Waals surface area contributed by atoms with Crippen molar-refractivity contribution in [3.05, 3.63) is 60.7 Å². The van der Waals surface area contributed by atoms with Gasteiger partial charge in [0.25, 0.3) is 0 Å². The third kappa shape index (κ3) is 4.58. The van der Waals surface area contributed by atoms with Crippen molar-refractivity contribution >= 4 is 8.25 Å². The molecule has 0 saturated carbocycles. The molecule has 0 aliphatic rings. The number of benzene rings is 2. The molecule has 0 aliphatic carbocycles. The summed E-state index contributed by atoms with van der Waals surface area (Å²) >= 11 is 0. The van der Waals surface area contributed by atoms with Crippen molar-refractivity contribution in [1.82, 2.24) is 0 Å². The molecule has 0 spiro atoms. The molecule has 2 aromatic carbocycles. The van der Waals surface area contributed by atoms with E-state index in [4.69, 9.17) is 9.05 Å². The van der Waals surface area contributed by atoms with Crippen LogP contribution >= 0.6 is 8.25 Å². The van der Waals surface area contributed by atoms with Gasteiger partial charge in [0.1, 0.15) is 0 Å². The zero-order chi connectivity index (χ0) is 11.2. The Morgan fingerprint density at radius 2 is 1.06 bits per heavy atom. The first-order valence-corrected chi connectivity index (χ1v) is 5.87. The van der Waals surface area contributed by atoms with E-state index in [1.165, 1.54) is 0 Å². The predicted molar refractivity (Wildman–Crippen MR) is 61.7 cm³/mol. The summed E-state index contributed by atoms with van der Waals surface area (Å²) in [4.78, 5) is 0. The van der Waals surface area contributed by atoms with E-state index in [0.717, 1.165) is 0 Å². The maximum absolute atomic E-state index is 11.5. The zero-order valence-electron chi connectivity index (χ0n) is 8.80. The minimum Gasteiger partial charge on any atom is -0.222 e. The van der Waals surface area contributed by atoms with Crippen LogP contribution in [0.15, 0.2) is 60.7 Å². The molecular formula is C12H10FeO3P+. The van der Waals surface area contributed by atoms with E-state index in [0.29, 0.717) is 11.5 Å². The van der Waals surface area contributed by atoms with Crippen molar-refractivity contribution in [2.75, 3.05) is 0 Å². The molecule has 0 atom stereocenters. The molecule has 0 fully saturated rings. The SMILES string of the molecule is O=[P+](Oc1ccccc1)Oc1ccccc1.[Fe]. The van der Waals surface area contributed by atoms with E-state index in [1.807, 2.05) is 12.1 Å². The molecule has 2 aromatic rings. The van der Waals surface area contributed by atoms with Gasteiger partial charge in [-0.1, -0.05) is 36.4 Å². The van der Waals surface area contributed by atoms with Crippen LogP contribution in [0.1, 0.15) is 0 Å². The van der Waals surface area contributed by atoms with Gasteiger partial charge in [-0.2, -0.15) is 0 Å². The van der Waals surface area contributed by atoms with Crippen molar-refractivity contribution in [3.8, 4) is 11.5 Å². The molecule has 0 aromatic heterocycles. The molecule has 0 amide bonds. The summed E-state index contributed by atoms with van der Waals surface area (Å²) in [5, 5.41) is 0. The standard InChI is InChI=1S/C12H10O3P.Fe/c13-16(14-11-7-3-1-4-8-11)15-12-9-5-2-6-10-12;/h1-10H;/q+1;. The van der Waals surface area contributed by atoms with Gasteiger partial charge in [0, 0.05) is 21.6 Å². The molecule has 0 N–H and O–H groups in total. The largest absolute Gasteiger partial charge is 0.805 e. The molecule has 3 nitrogen and oxygen atoms in total. The summed E-state index contributed by atoms with van der Waals surface area (Å²) in [6, 6.07) is 17.8. The number of rotatable bonds is 4. The Labute approximate surface area is 111 Å². The van der Waals surface area contributed by atoms with E-state index < -0.39 is 8.25 Å². The molecule has 17 heavy (non-hydrogen) atoms. The van der Waals surface area contributed by atoms with Gasteiger partial charge in [-0.15, -0.1) is 0 Å². The Morgan fingerprint density at radius 1 is 0.706 bits per heavy atom. The Balaban J connectivity index is 0.00000144. The van der Waals surface area contributed by atoms with Crippen molar-refractivity contribution in [1.29, 1.82) is 0 Å². The van der Waals surface area contributed by atoms with Crippen molar-refractivity contribution in [2.24, 2.45) is 0 Å². The van der Waals surface area contributed by atoms with Crippen molar-refractivity contribution in [2.45, 2.75) is 0 Å². The normalized spacial score (nSPS) is 8.94. The average molecular weight is 289 g/mol. The fourth-order valence-corrected chi connectivity index (χ4v) is 1.78. The second-order valence-corrected chi connectivity index (χ2v) is 3.84. The third-order valence-electron chi connectivity index (χ3n) is 1.85. The van der Waals surface area contributed by atoms with Crippen LogP contribution in [-0.4, -0.2) is 0 Å². The smallest absolute Gasteiger partial charge is 0.222 e. The monoisotopic (exact) mass is 289 g/mol. The second kappa shape index (κ2) is 7.08. The first kappa shape index (κ1) is 13.7. The predicted octanol–water partition coefficient (Wildman–Crippen LogP) is 3.80. The van der Waals surface area contributed by atoms with Crippen LogP contribution in [0.2, 0.25) is 0 Å². The first-order valence-electron chi connectivity index (χ1n) is 4.78. The Kier molecular flexibility index (Phi) is 5.71. The third-order valence-corrected chi connectivity index (χ3v) is 2.57. The minimum atomic E-state index is -2.18. The van der Waals surface area contributed by atoms with Gasteiger partial charge in [0.15, 0.2) is 11.5 Å². The fourth-order valence-electron chi connectivity index (χ4n) is 1.15. The van der Waals surface area contributed by atoms with Gasteiger partial charge in [-0.3, -0.25) is 0 Å². The maximum atomic E-state index is 11.5. The molecule has 0 bridgehead atoms. The van der Waals surface area contributed by atoms with Gasteiger partial charge in [-0.25, -0.2) is 9.05 Å². The molecular weight excluding hydrogens is 279 g/mol. The van der Waals surface area contributed by atoms with Gasteiger partial charge >= 0.3 is 8.25 Å². The molecule has 0 aliphatic heterocycles. The van der Waals surface area contributed by atoms with E-state index in [-0.39, 0.29) is 17.1 Å². The number of hydrogen-bond donors (Lipinski definition) is 0. The molecule has 0 heterocycles. The first-order chi connectivity index (χ1) is 7.84. The van der Waals surface area contributed by atoms with E-state index in [9.17, 15) is 4.57 Å². The van der Waals surface area contributed by atoms with Crippen molar-refractivity contribution < 1.29 is 30.7 Å². The number of para-hydroxylation sites is 2. The summed E-state index contributed by atoms with van der Waals surface area (Å²) in [5.74, 6) is 1.05. The van der Waals surface area contributed by atoms with Crippen LogP contribution in [0.4, 0.5) is 0 Å². The van der Waals surface area contributed by atoms with Crippen LogP contribution in [0.25, 0.3) is 0 Å². The van der Waals surface area contributed by atoms with Crippen LogP contribution in [0.3, 0.4) is 0 Å². The van der Waals surface area contributed by atoms with Crippen LogP contribution in [0, 0.1) is 0 Å². The fraction of sp³-hybridized carbons (Fsp3) is 0. The molecule has 5 heteroatoms. The van der Waals surface area contributed by atoms with E-state index in [2.05, 4.69) is 0 Å². The van der Waals surface area contributed by atoms with E-state index in [1.54, 1.807) is 48.5 Å². The number of hydrogen-bond acceptors (Lipinski definition) is 3. The molecule has 88 valence electrons. The van der Waals surface area contributed by atoms with Gasteiger partial charge in [0.2, 0.25) is 0 Å². The van der Waals surface area contributed by atoms with Gasteiger partial charge < -0.3 is 0 Å². The zero-order valence-corrected chi connectivity index (χ0v) is 10.8. The Hall–Kier alpha value is -1.34. The summed E-state index contributed by atoms with van der Waals surface area (Å²) in [6.07, 6.45) is 0. The quantitative estimate of drug-likeness (QED) is 0.634. The average Bonchev–Trinajstić information content (AvgIpc) is 2.31. The second-order valence-electron chi connectivity index (χ2n) is 3.03. The summed E-state index contributed by atoms with van der Waals surface area (Å²) in [5.41, 5.74) is 0. The molecule has 0 radical (unpaired) electrons.